The molecule has 0 aliphatic rings. The number of aryl methyl sites for hydroxylation is 1. The number of pyridine rings is 1. The molecule has 25 heavy (non-hydrogen) atoms. The van der Waals surface area contributed by atoms with Crippen LogP contribution in [-0.4, -0.2) is 35.6 Å². The standard InChI is InChI=1S/C17H16N2O6/c1-4-25-17(21)15-10(2)18-14(16(20)24-3)9-13(15)11-6-5-7-12(8-11)19(22)23/h5-9H,4H2,1-3H3. The predicted octanol–water partition coefficient (Wildman–Crippen LogP) is 2.93. The van der Waals surface area contributed by atoms with E-state index in [9.17, 15) is 19.7 Å². The van der Waals surface area contributed by atoms with Crippen LogP contribution in [0.3, 0.4) is 0 Å². The molecule has 0 amide bonds. The summed E-state index contributed by atoms with van der Waals surface area (Å²) in [5, 5.41) is 11.0. The summed E-state index contributed by atoms with van der Waals surface area (Å²) in [6, 6.07) is 7.12. The predicted molar refractivity (Wildman–Crippen MR) is 88.4 cm³/mol. The zero-order valence-electron chi connectivity index (χ0n) is 13.9. The fourth-order valence-electron chi connectivity index (χ4n) is 2.36. The Bertz CT molecular complexity index is 847. The zero-order valence-corrected chi connectivity index (χ0v) is 13.9. The minimum Gasteiger partial charge on any atom is -0.464 e. The van der Waals surface area contributed by atoms with E-state index in [0.29, 0.717) is 11.1 Å². The molecule has 1 aromatic heterocycles. The molecule has 2 aromatic rings. The van der Waals surface area contributed by atoms with Crippen LogP contribution in [0, 0.1) is 17.0 Å². The lowest BCUT2D eigenvalue weighted by molar-refractivity contribution is -0.384. The first kappa shape index (κ1) is 18.1. The first-order chi connectivity index (χ1) is 11.9. The average Bonchev–Trinajstić information content (AvgIpc) is 2.60. The van der Waals surface area contributed by atoms with Gasteiger partial charge in [0.1, 0.15) is 5.69 Å². The van der Waals surface area contributed by atoms with Gasteiger partial charge >= 0.3 is 11.9 Å². The molecule has 0 radical (unpaired) electrons. The minimum atomic E-state index is -0.676. The second-order valence-corrected chi connectivity index (χ2v) is 5.03. The highest BCUT2D eigenvalue weighted by Gasteiger charge is 2.22. The Morgan fingerprint density at radius 3 is 2.56 bits per heavy atom. The molecule has 0 saturated heterocycles. The van der Waals surface area contributed by atoms with Gasteiger partial charge in [0.15, 0.2) is 0 Å². The summed E-state index contributed by atoms with van der Waals surface area (Å²) in [6.07, 6.45) is 0. The van der Waals surface area contributed by atoms with Gasteiger partial charge < -0.3 is 9.47 Å². The van der Waals surface area contributed by atoms with Crippen LogP contribution in [0.1, 0.15) is 33.5 Å². The van der Waals surface area contributed by atoms with Crippen LogP contribution in [0.5, 0.6) is 0 Å². The molecule has 1 heterocycles. The highest BCUT2D eigenvalue weighted by Crippen LogP contribution is 2.30. The lowest BCUT2D eigenvalue weighted by Gasteiger charge is -2.13. The van der Waals surface area contributed by atoms with Gasteiger partial charge in [-0.05, 0) is 25.5 Å². The molecule has 8 nitrogen and oxygen atoms in total. The van der Waals surface area contributed by atoms with Crippen molar-refractivity contribution in [2.75, 3.05) is 13.7 Å². The van der Waals surface area contributed by atoms with E-state index in [2.05, 4.69) is 9.72 Å². The molecule has 0 fully saturated rings. The van der Waals surface area contributed by atoms with Crippen molar-refractivity contribution < 1.29 is 24.0 Å². The largest absolute Gasteiger partial charge is 0.464 e. The summed E-state index contributed by atoms with van der Waals surface area (Å²) >= 11 is 0. The monoisotopic (exact) mass is 344 g/mol. The molecule has 0 atom stereocenters. The quantitative estimate of drug-likeness (QED) is 0.466. The normalized spacial score (nSPS) is 10.2. The van der Waals surface area contributed by atoms with Crippen LogP contribution in [0.15, 0.2) is 30.3 Å². The maximum atomic E-state index is 12.3. The number of nitrogens with zero attached hydrogens (tertiary/aromatic N) is 2. The molecule has 0 unspecified atom stereocenters. The highest BCUT2D eigenvalue weighted by atomic mass is 16.6. The number of aromatic nitrogens is 1. The molecule has 0 aliphatic carbocycles. The number of nitro groups is 1. The van der Waals surface area contributed by atoms with E-state index in [1.165, 1.54) is 31.4 Å². The van der Waals surface area contributed by atoms with Crippen LogP contribution >= 0.6 is 0 Å². The van der Waals surface area contributed by atoms with Crippen molar-refractivity contribution >= 4 is 17.6 Å². The number of methoxy groups -OCH3 is 1. The number of hydrogen-bond donors (Lipinski definition) is 0. The van der Waals surface area contributed by atoms with Crippen molar-refractivity contribution in [3.63, 3.8) is 0 Å². The van der Waals surface area contributed by atoms with E-state index >= 15 is 0 Å². The second kappa shape index (κ2) is 7.52. The molecule has 0 spiro atoms. The summed E-state index contributed by atoms with van der Waals surface area (Å²) < 4.78 is 9.71. The van der Waals surface area contributed by atoms with Crippen LogP contribution in [0.4, 0.5) is 5.69 Å². The smallest absolute Gasteiger partial charge is 0.356 e. The Kier molecular flexibility index (Phi) is 5.43. The third-order valence-corrected chi connectivity index (χ3v) is 3.44. The molecular formula is C17H16N2O6. The van der Waals surface area contributed by atoms with Gasteiger partial charge in [0, 0.05) is 17.7 Å². The molecule has 0 aliphatic heterocycles. The molecule has 2 rings (SSSR count). The van der Waals surface area contributed by atoms with Crippen molar-refractivity contribution in [3.05, 3.63) is 57.4 Å². The summed E-state index contributed by atoms with van der Waals surface area (Å²) in [4.78, 5) is 38.7. The number of esters is 2. The van der Waals surface area contributed by atoms with Crippen LogP contribution in [0.2, 0.25) is 0 Å². The van der Waals surface area contributed by atoms with E-state index in [1.807, 2.05) is 0 Å². The number of carbonyl (C=O) groups is 2. The third-order valence-electron chi connectivity index (χ3n) is 3.44. The number of benzene rings is 1. The van der Waals surface area contributed by atoms with Gasteiger partial charge in [-0.15, -0.1) is 0 Å². The Hall–Kier alpha value is -3.29. The van der Waals surface area contributed by atoms with E-state index in [1.54, 1.807) is 19.9 Å². The number of carbonyl (C=O) groups excluding carboxylic acids is 2. The number of hydrogen-bond acceptors (Lipinski definition) is 7. The first-order valence-corrected chi connectivity index (χ1v) is 7.41. The van der Waals surface area contributed by atoms with Crippen molar-refractivity contribution in [2.24, 2.45) is 0 Å². The van der Waals surface area contributed by atoms with Gasteiger partial charge in [0.25, 0.3) is 5.69 Å². The lowest BCUT2D eigenvalue weighted by Crippen LogP contribution is -2.13. The average molecular weight is 344 g/mol. The third kappa shape index (κ3) is 3.79. The number of nitro benzene ring substituents is 1. The van der Waals surface area contributed by atoms with E-state index in [0.717, 1.165) is 0 Å². The Morgan fingerprint density at radius 2 is 1.96 bits per heavy atom. The summed E-state index contributed by atoms with van der Waals surface area (Å²) in [5.74, 6) is -1.30. The zero-order chi connectivity index (χ0) is 18.6. The Balaban J connectivity index is 2.73. The first-order valence-electron chi connectivity index (χ1n) is 7.41. The highest BCUT2D eigenvalue weighted by molar-refractivity contribution is 6.00. The molecule has 0 bridgehead atoms. The van der Waals surface area contributed by atoms with Crippen molar-refractivity contribution in [3.8, 4) is 11.1 Å². The van der Waals surface area contributed by atoms with Crippen LogP contribution in [-0.2, 0) is 9.47 Å². The van der Waals surface area contributed by atoms with Crippen molar-refractivity contribution in [1.82, 2.24) is 4.98 Å². The van der Waals surface area contributed by atoms with E-state index in [-0.39, 0.29) is 29.2 Å². The summed E-state index contributed by atoms with van der Waals surface area (Å²) in [6.45, 7) is 3.38. The molecule has 1 aromatic carbocycles. The van der Waals surface area contributed by atoms with Gasteiger partial charge in [0.05, 0.1) is 29.9 Å². The summed E-state index contributed by atoms with van der Waals surface area (Å²) in [5.41, 5.74) is 0.983. The maximum absolute atomic E-state index is 12.3. The second-order valence-electron chi connectivity index (χ2n) is 5.03. The SMILES string of the molecule is CCOC(=O)c1c(-c2cccc([N+](=O)[O-])c2)cc(C(=O)OC)nc1C. The maximum Gasteiger partial charge on any atom is 0.356 e. The number of ether oxygens (including phenoxy) is 2. The number of non-ortho nitro benzene ring substituents is 1. The van der Waals surface area contributed by atoms with Crippen LogP contribution < -0.4 is 0 Å². The van der Waals surface area contributed by atoms with Gasteiger partial charge in [-0.1, -0.05) is 12.1 Å². The topological polar surface area (TPSA) is 109 Å². The van der Waals surface area contributed by atoms with Crippen molar-refractivity contribution in [1.29, 1.82) is 0 Å². The van der Waals surface area contributed by atoms with Crippen LogP contribution in [0.25, 0.3) is 11.1 Å². The van der Waals surface area contributed by atoms with E-state index in [4.69, 9.17) is 4.74 Å². The molecule has 0 N–H and O–H groups in total. The fourth-order valence-corrected chi connectivity index (χ4v) is 2.36. The molecule has 0 saturated carbocycles. The van der Waals surface area contributed by atoms with E-state index < -0.39 is 16.9 Å². The molecule has 8 heteroatoms. The summed E-state index contributed by atoms with van der Waals surface area (Å²) in [7, 11) is 1.21. The lowest BCUT2D eigenvalue weighted by atomic mass is 9.97. The molecule has 130 valence electrons. The van der Waals surface area contributed by atoms with Gasteiger partial charge in [-0.3, -0.25) is 10.1 Å². The van der Waals surface area contributed by atoms with Gasteiger partial charge in [0.2, 0.25) is 0 Å². The fraction of sp³-hybridized carbons (Fsp3) is 0.235. The minimum absolute atomic E-state index is 0.00504. The molecular weight excluding hydrogens is 328 g/mol. The van der Waals surface area contributed by atoms with Gasteiger partial charge in [-0.2, -0.15) is 0 Å². The van der Waals surface area contributed by atoms with Gasteiger partial charge in [-0.25, -0.2) is 14.6 Å². The van der Waals surface area contributed by atoms with Crippen molar-refractivity contribution in [2.45, 2.75) is 13.8 Å². The Morgan fingerprint density at radius 1 is 1.24 bits per heavy atom. The Labute approximate surface area is 143 Å². The number of rotatable bonds is 5.